The molecule has 0 bridgehead atoms. The third kappa shape index (κ3) is 4.32. The van der Waals surface area contributed by atoms with Crippen LogP contribution in [0.5, 0.6) is 0 Å². The third-order valence-electron chi connectivity index (χ3n) is 2.44. The summed E-state index contributed by atoms with van der Waals surface area (Å²) in [6.07, 6.45) is 2.26. The first kappa shape index (κ1) is 15.1. The van der Waals surface area contributed by atoms with Crippen molar-refractivity contribution in [3.8, 4) is 0 Å². The lowest BCUT2D eigenvalue weighted by Gasteiger charge is -2.19. The van der Waals surface area contributed by atoms with E-state index < -0.39 is 5.97 Å². The van der Waals surface area contributed by atoms with Crippen LogP contribution in [0.1, 0.15) is 23.8 Å². The fourth-order valence-electron chi connectivity index (χ4n) is 1.54. The van der Waals surface area contributed by atoms with E-state index in [0.29, 0.717) is 19.6 Å². The van der Waals surface area contributed by atoms with Crippen LogP contribution >= 0.6 is 0 Å². The minimum Gasteiger partial charge on any atom is -0.468 e. The smallest absolute Gasteiger partial charge is 0.325 e. The molecule has 0 saturated carbocycles. The van der Waals surface area contributed by atoms with Crippen molar-refractivity contribution in [3.05, 3.63) is 11.9 Å². The van der Waals surface area contributed by atoms with E-state index in [9.17, 15) is 9.59 Å². The maximum absolute atomic E-state index is 12.2. The zero-order valence-corrected chi connectivity index (χ0v) is 11.2. The maximum Gasteiger partial charge on any atom is 0.325 e. The standard InChI is InChI=1S/C11H19N5O3/c1-3-5-15(8-10(17)19-2)11(18)9-7-16(6-4-12)14-13-9/h7H,3-6,8,12H2,1-2H3. The highest BCUT2D eigenvalue weighted by Crippen LogP contribution is 2.03. The summed E-state index contributed by atoms with van der Waals surface area (Å²) in [5.41, 5.74) is 5.59. The van der Waals surface area contributed by atoms with Gasteiger partial charge in [0.15, 0.2) is 5.69 Å². The highest BCUT2D eigenvalue weighted by molar-refractivity contribution is 5.93. The Bertz CT molecular complexity index is 432. The minimum absolute atomic E-state index is 0.0904. The molecule has 0 fully saturated rings. The van der Waals surface area contributed by atoms with Crippen LogP contribution in [0.2, 0.25) is 0 Å². The largest absolute Gasteiger partial charge is 0.468 e. The van der Waals surface area contributed by atoms with Gasteiger partial charge in [0, 0.05) is 13.1 Å². The second-order valence-electron chi connectivity index (χ2n) is 3.96. The predicted octanol–water partition coefficient (Wildman–Crippen LogP) is -0.738. The number of aromatic nitrogens is 3. The van der Waals surface area contributed by atoms with Gasteiger partial charge >= 0.3 is 5.97 Å². The molecular formula is C11H19N5O3. The molecule has 0 aliphatic heterocycles. The average Bonchev–Trinajstić information content (AvgIpc) is 2.86. The van der Waals surface area contributed by atoms with E-state index in [1.165, 1.54) is 22.9 Å². The number of nitrogens with zero attached hydrogens (tertiary/aromatic N) is 4. The molecule has 1 amide bonds. The lowest BCUT2D eigenvalue weighted by Crippen LogP contribution is -2.37. The Kier molecular flexibility index (Phi) is 5.94. The van der Waals surface area contributed by atoms with Crippen LogP contribution in [-0.2, 0) is 16.1 Å². The van der Waals surface area contributed by atoms with Crippen molar-refractivity contribution in [2.75, 3.05) is 26.7 Å². The van der Waals surface area contributed by atoms with Crippen molar-refractivity contribution in [1.82, 2.24) is 19.9 Å². The van der Waals surface area contributed by atoms with Crippen LogP contribution in [0.4, 0.5) is 0 Å². The van der Waals surface area contributed by atoms with Gasteiger partial charge in [0.2, 0.25) is 0 Å². The molecule has 8 nitrogen and oxygen atoms in total. The Labute approximate surface area is 111 Å². The summed E-state index contributed by atoms with van der Waals surface area (Å²) in [4.78, 5) is 24.8. The third-order valence-corrected chi connectivity index (χ3v) is 2.44. The van der Waals surface area contributed by atoms with Crippen LogP contribution in [0.25, 0.3) is 0 Å². The summed E-state index contributed by atoms with van der Waals surface area (Å²) in [6, 6.07) is 0. The summed E-state index contributed by atoms with van der Waals surface area (Å²) in [7, 11) is 1.29. The van der Waals surface area contributed by atoms with Gasteiger partial charge in [-0.05, 0) is 6.42 Å². The van der Waals surface area contributed by atoms with Gasteiger partial charge in [0.25, 0.3) is 5.91 Å². The average molecular weight is 269 g/mol. The fraction of sp³-hybridized carbons (Fsp3) is 0.636. The van der Waals surface area contributed by atoms with Crippen molar-refractivity contribution < 1.29 is 14.3 Å². The number of amides is 1. The van der Waals surface area contributed by atoms with E-state index in [2.05, 4.69) is 15.0 Å². The molecule has 1 rings (SSSR count). The Hall–Kier alpha value is -1.96. The number of methoxy groups -OCH3 is 1. The van der Waals surface area contributed by atoms with Crippen LogP contribution in [0.15, 0.2) is 6.20 Å². The van der Waals surface area contributed by atoms with Gasteiger partial charge in [-0.15, -0.1) is 5.10 Å². The van der Waals surface area contributed by atoms with E-state index in [1.807, 2.05) is 6.92 Å². The Morgan fingerprint density at radius 2 is 2.26 bits per heavy atom. The molecule has 106 valence electrons. The second kappa shape index (κ2) is 7.47. The topological polar surface area (TPSA) is 103 Å². The van der Waals surface area contributed by atoms with Gasteiger partial charge in [-0.25, -0.2) is 0 Å². The van der Waals surface area contributed by atoms with Gasteiger partial charge in [0.05, 0.1) is 19.9 Å². The highest BCUT2D eigenvalue weighted by Gasteiger charge is 2.21. The maximum atomic E-state index is 12.2. The number of rotatable bonds is 7. The molecule has 1 heterocycles. The molecule has 1 aromatic heterocycles. The van der Waals surface area contributed by atoms with E-state index in [0.717, 1.165) is 6.42 Å². The first-order valence-electron chi connectivity index (χ1n) is 6.08. The highest BCUT2D eigenvalue weighted by atomic mass is 16.5. The number of carbonyl (C=O) groups is 2. The molecule has 0 aliphatic carbocycles. The lowest BCUT2D eigenvalue weighted by atomic mass is 10.3. The number of nitrogens with two attached hydrogens (primary N) is 1. The zero-order valence-electron chi connectivity index (χ0n) is 11.2. The van der Waals surface area contributed by atoms with E-state index in [4.69, 9.17) is 5.73 Å². The van der Waals surface area contributed by atoms with E-state index in [-0.39, 0.29) is 18.1 Å². The summed E-state index contributed by atoms with van der Waals surface area (Å²) in [6.45, 7) is 3.19. The van der Waals surface area contributed by atoms with Crippen molar-refractivity contribution in [2.24, 2.45) is 5.73 Å². The quantitative estimate of drug-likeness (QED) is 0.654. The molecule has 0 saturated heterocycles. The molecule has 8 heteroatoms. The van der Waals surface area contributed by atoms with Gasteiger partial charge in [-0.2, -0.15) is 0 Å². The van der Waals surface area contributed by atoms with Gasteiger partial charge < -0.3 is 15.4 Å². The van der Waals surface area contributed by atoms with Gasteiger partial charge in [-0.1, -0.05) is 12.1 Å². The van der Waals surface area contributed by atoms with Crippen molar-refractivity contribution in [3.63, 3.8) is 0 Å². The summed E-state index contributed by atoms with van der Waals surface area (Å²) >= 11 is 0. The first-order valence-corrected chi connectivity index (χ1v) is 6.08. The lowest BCUT2D eigenvalue weighted by molar-refractivity contribution is -0.141. The van der Waals surface area contributed by atoms with Crippen molar-refractivity contribution >= 4 is 11.9 Å². The Morgan fingerprint density at radius 1 is 1.53 bits per heavy atom. The van der Waals surface area contributed by atoms with Gasteiger partial charge in [-0.3, -0.25) is 14.3 Å². The molecule has 0 atom stereocenters. The Balaban J connectivity index is 2.76. The van der Waals surface area contributed by atoms with Crippen LogP contribution in [-0.4, -0.2) is 58.5 Å². The molecule has 2 N–H and O–H groups in total. The number of hydrogen-bond donors (Lipinski definition) is 1. The number of esters is 1. The second-order valence-corrected chi connectivity index (χ2v) is 3.96. The fourth-order valence-corrected chi connectivity index (χ4v) is 1.54. The molecule has 0 radical (unpaired) electrons. The summed E-state index contributed by atoms with van der Waals surface area (Å²) < 4.78 is 6.06. The molecule has 0 aliphatic rings. The number of carbonyl (C=O) groups excluding carboxylic acids is 2. The Morgan fingerprint density at radius 3 is 2.84 bits per heavy atom. The molecule has 1 aromatic rings. The zero-order chi connectivity index (χ0) is 14.3. The first-order chi connectivity index (χ1) is 9.12. The number of hydrogen-bond acceptors (Lipinski definition) is 6. The molecule has 19 heavy (non-hydrogen) atoms. The van der Waals surface area contributed by atoms with E-state index >= 15 is 0 Å². The van der Waals surface area contributed by atoms with Crippen molar-refractivity contribution in [2.45, 2.75) is 19.9 Å². The SMILES string of the molecule is CCCN(CC(=O)OC)C(=O)c1cn(CCN)nn1. The predicted molar refractivity (Wildman–Crippen MR) is 67.3 cm³/mol. The summed E-state index contributed by atoms with van der Waals surface area (Å²) in [5.74, 6) is -0.799. The van der Waals surface area contributed by atoms with E-state index in [1.54, 1.807) is 0 Å². The van der Waals surface area contributed by atoms with Crippen molar-refractivity contribution in [1.29, 1.82) is 0 Å². The monoisotopic (exact) mass is 269 g/mol. The summed E-state index contributed by atoms with van der Waals surface area (Å²) in [5, 5.41) is 7.58. The van der Waals surface area contributed by atoms with Crippen LogP contribution < -0.4 is 5.73 Å². The number of ether oxygens (including phenoxy) is 1. The normalized spacial score (nSPS) is 10.3. The van der Waals surface area contributed by atoms with Crippen LogP contribution in [0, 0.1) is 0 Å². The molecule has 0 unspecified atom stereocenters. The molecule has 0 spiro atoms. The minimum atomic E-state index is -0.462. The molecule has 0 aromatic carbocycles. The van der Waals surface area contributed by atoms with Crippen LogP contribution in [0.3, 0.4) is 0 Å². The molecular weight excluding hydrogens is 250 g/mol. The van der Waals surface area contributed by atoms with Gasteiger partial charge in [0.1, 0.15) is 6.54 Å².